The van der Waals surface area contributed by atoms with E-state index in [0.717, 1.165) is 44.6 Å². The Kier molecular flexibility index (Phi) is 11.9. The number of aryl methyl sites for hydroxylation is 1. The van der Waals surface area contributed by atoms with E-state index >= 15 is 0 Å². The molecule has 0 saturated carbocycles. The molecular formula is C50H45N7O5. The molecule has 0 N–H and O–H groups in total. The number of tetrazole rings is 1. The lowest BCUT2D eigenvalue weighted by Crippen LogP contribution is -2.41. The summed E-state index contributed by atoms with van der Waals surface area (Å²) in [4.78, 5) is 25.4. The summed E-state index contributed by atoms with van der Waals surface area (Å²) < 4.78 is 23.3. The molecule has 1 aliphatic heterocycles. The molecule has 1 fully saturated rings. The topological polar surface area (TPSA) is 127 Å². The molecule has 0 bridgehead atoms. The number of carbonyl (C=O) groups excluding carboxylic acids is 1. The van der Waals surface area contributed by atoms with Gasteiger partial charge in [-0.2, -0.15) is 0 Å². The van der Waals surface area contributed by atoms with Crippen molar-refractivity contribution in [2.24, 2.45) is 0 Å². The molecule has 12 nitrogen and oxygen atoms in total. The Hall–Kier alpha value is -7.44. The monoisotopic (exact) mass is 823 g/mol. The largest absolute Gasteiger partial charge is 0.486 e. The molecule has 3 aromatic heterocycles. The summed E-state index contributed by atoms with van der Waals surface area (Å²) in [5.74, 6) is 1.42. The summed E-state index contributed by atoms with van der Waals surface area (Å²) in [6, 6.07) is 52.9. The number of nitrogens with zero attached hydrogens (tertiary/aromatic N) is 7. The van der Waals surface area contributed by atoms with Crippen molar-refractivity contribution in [3.63, 3.8) is 0 Å². The van der Waals surface area contributed by atoms with Gasteiger partial charge in [-0.05, 0) is 57.1 Å². The lowest BCUT2D eigenvalue weighted by atomic mass is 9.77. The molecule has 0 radical (unpaired) electrons. The molecule has 0 aliphatic carbocycles. The predicted molar refractivity (Wildman–Crippen MR) is 236 cm³/mol. The minimum atomic E-state index is -0.926. The van der Waals surface area contributed by atoms with Crippen LogP contribution in [0.25, 0.3) is 33.5 Å². The molecule has 8 aromatic rings. The van der Waals surface area contributed by atoms with Crippen molar-refractivity contribution in [3.8, 4) is 34.1 Å². The standard InChI is InChI=1S/C50H45N7O5/c1-2-41-34-45(47-44(51-41)25-26-46(52-47)60-31-32-61-49(58)56-27-29-59-30-28-56)62-35-36-23-24-42(37-15-7-3-8-16-37)43(33-36)48-53-55-57(54-48)50(38-17-9-4-10-18-38,39-19-11-5-12-20-39)40-21-13-6-14-22-40/h3-26,33-34H,2,27-32,35H2,1H3. The number of fused-ring (bicyclic) bond motifs is 1. The number of morpholine rings is 1. The summed E-state index contributed by atoms with van der Waals surface area (Å²) in [6.45, 7) is 4.54. The van der Waals surface area contributed by atoms with Crippen LogP contribution in [0.15, 0.2) is 158 Å². The molecule has 12 heteroatoms. The number of ether oxygens (including phenoxy) is 4. The van der Waals surface area contributed by atoms with Crippen molar-refractivity contribution in [2.75, 3.05) is 39.5 Å². The van der Waals surface area contributed by atoms with Crippen LogP contribution >= 0.6 is 0 Å². The first-order valence-electron chi connectivity index (χ1n) is 20.8. The number of carbonyl (C=O) groups is 1. The minimum Gasteiger partial charge on any atom is -0.486 e. The first-order valence-corrected chi connectivity index (χ1v) is 20.8. The van der Waals surface area contributed by atoms with Crippen LogP contribution in [-0.4, -0.2) is 80.7 Å². The molecule has 1 amide bonds. The average Bonchev–Trinajstić information content (AvgIpc) is 3.84. The van der Waals surface area contributed by atoms with E-state index in [1.165, 1.54) is 0 Å². The molecule has 1 saturated heterocycles. The van der Waals surface area contributed by atoms with Gasteiger partial charge in [0.15, 0.2) is 5.54 Å². The Morgan fingerprint density at radius 3 is 1.98 bits per heavy atom. The summed E-state index contributed by atoms with van der Waals surface area (Å²) in [5, 5.41) is 14.9. The average molecular weight is 824 g/mol. The number of hydrogen-bond donors (Lipinski definition) is 0. The van der Waals surface area contributed by atoms with Crippen molar-refractivity contribution >= 4 is 17.1 Å². The Balaban J connectivity index is 1.04. The minimum absolute atomic E-state index is 0.0853. The molecule has 62 heavy (non-hydrogen) atoms. The van der Waals surface area contributed by atoms with E-state index < -0.39 is 5.54 Å². The molecule has 9 rings (SSSR count). The van der Waals surface area contributed by atoms with Gasteiger partial charge in [-0.3, -0.25) is 4.98 Å². The van der Waals surface area contributed by atoms with E-state index in [-0.39, 0.29) is 25.9 Å². The lowest BCUT2D eigenvalue weighted by Gasteiger charge is -2.34. The number of benzene rings is 5. The molecular weight excluding hydrogens is 779 g/mol. The van der Waals surface area contributed by atoms with Crippen LogP contribution in [0.3, 0.4) is 0 Å². The van der Waals surface area contributed by atoms with Crippen LogP contribution in [0, 0.1) is 0 Å². The zero-order chi connectivity index (χ0) is 42.1. The highest BCUT2D eigenvalue weighted by molar-refractivity contribution is 5.82. The van der Waals surface area contributed by atoms with Crippen molar-refractivity contribution in [3.05, 3.63) is 186 Å². The number of amides is 1. The normalized spacial score (nSPS) is 12.9. The van der Waals surface area contributed by atoms with E-state index in [4.69, 9.17) is 44.3 Å². The second-order valence-electron chi connectivity index (χ2n) is 14.8. The summed E-state index contributed by atoms with van der Waals surface area (Å²) in [6.07, 6.45) is 0.336. The highest BCUT2D eigenvalue weighted by atomic mass is 16.6. The van der Waals surface area contributed by atoms with E-state index in [0.29, 0.717) is 61.2 Å². The first kappa shape index (κ1) is 40.0. The Morgan fingerprint density at radius 1 is 0.694 bits per heavy atom. The van der Waals surface area contributed by atoms with E-state index in [1.54, 1.807) is 15.8 Å². The fraction of sp³-hybridized carbons (Fsp3) is 0.200. The fourth-order valence-electron chi connectivity index (χ4n) is 7.84. The van der Waals surface area contributed by atoms with Crippen LogP contribution in [0.5, 0.6) is 11.6 Å². The van der Waals surface area contributed by atoms with Gasteiger partial charge in [0.2, 0.25) is 11.7 Å². The van der Waals surface area contributed by atoms with Crippen LogP contribution < -0.4 is 9.47 Å². The summed E-state index contributed by atoms with van der Waals surface area (Å²) in [5.41, 5.74) is 7.87. The molecule has 0 unspecified atom stereocenters. The summed E-state index contributed by atoms with van der Waals surface area (Å²) >= 11 is 0. The third-order valence-corrected chi connectivity index (χ3v) is 10.9. The van der Waals surface area contributed by atoms with Gasteiger partial charge in [-0.1, -0.05) is 140 Å². The Labute approximate surface area is 359 Å². The molecule has 1 aliphatic rings. The molecule has 0 atom stereocenters. The zero-order valence-corrected chi connectivity index (χ0v) is 34.3. The van der Waals surface area contributed by atoms with Crippen LogP contribution in [-0.2, 0) is 28.0 Å². The van der Waals surface area contributed by atoms with Crippen molar-refractivity contribution < 1.29 is 23.7 Å². The third kappa shape index (κ3) is 8.32. The quantitative estimate of drug-likeness (QED) is 0.0776. The maximum atomic E-state index is 12.4. The zero-order valence-electron chi connectivity index (χ0n) is 34.3. The van der Waals surface area contributed by atoms with Gasteiger partial charge < -0.3 is 23.8 Å². The van der Waals surface area contributed by atoms with Crippen molar-refractivity contribution in [1.29, 1.82) is 0 Å². The highest BCUT2D eigenvalue weighted by Gasteiger charge is 2.41. The number of hydrogen-bond acceptors (Lipinski definition) is 10. The maximum absolute atomic E-state index is 12.4. The van der Waals surface area contributed by atoms with Gasteiger partial charge >= 0.3 is 6.09 Å². The third-order valence-electron chi connectivity index (χ3n) is 10.9. The fourth-order valence-corrected chi connectivity index (χ4v) is 7.84. The van der Waals surface area contributed by atoms with Crippen LogP contribution in [0.2, 0.25) is 0 Å². The number of pyridine rings is 2. The summed E-state index contributed by atoms with van der Waals surface area (Å²) in [7, 11) is 0. The maximum Gasteiger partial charge on any atom is 0.410 e. The van der Waals surface area contributed by atoms with Crippen LogP contribution in [0.4, 0.5) is 4.79 Å². The second-order valence-corrected chi connectivity index (χ2v) is 14.8. The van der Waals surface area contributed by atoms with E-state index in [9.17, 15) is 4.79 Å². The molecule has 5 aromatic carbocycles. The van der Waals surface area contributed by atoms with Crippen LogP contribution in [0.1, 0.15) is 34.9 Å². The van der Waals surface area contributed by atoms with Gasteiger partial charge in [-0.15, -0.1) is 15.0 Å². The van der Waals surface area contributed by atoms with E-state index in [2.05, 4.69) is 73.7 Å². The lowest BCUT2D eigenvalue weighted by molar-refractivity contribution is 0.0238. The van der Waals surface area contributed by atoms with Crippen molar-refractivity contribution in [2.45, 2.75) is 25.5 Å². The Bertz CT molecular complexity index is 2650. The second kappa shape index (κ2) is 18.4. The SMILES string of the molecule is CCc1cc(OCc2ccc(-c3ccccc3)c(-c3nnn(C(c4ccccc4)(c4ccccc4)c4ccccc4)n3)c2)c2nc(OCCOC(=O)N3CCOCC3)ccc2n1. The Morgan fingerprint density at radius 2 is 1.34 bits per heavy atom. The van der Waals surface area contributed by atoms with E-state index in [1.807, 2.05) is 84.9 Å². The molecule has 4 heterocycles. The van der Waals surface area contributed by atoms with Gasteiger partial charge in [0.05, 0.1) is 18.7 Å². The first-order chi connectivity index (χ1) is 30.6. The number of rotatable bonds is 14. The molecule has 0 spiro atoms. The van der Waals surface area contributed by atoms with Gasteiger partial charge in [0.1, 0.15) is 31.1 Å². The highest BCUT2D eigenvalue weighted by Crippen LogP contribution is 2.41. The number of aromatic nitrogens is 6. The molecule has 310 valence electrons. The predicted octanol–water partition coefficient (Wildman–Crippen LogP) is 8.78. The van der Waals surface area contributed by atoms with Crippen molar-refractivity contribution in [1.82, 2.24) is 35.1 Å². The van der Waals surface area contributed by atoms with Gasteiger partial charge in [0.25, 0.3) is 0 Å². The van der Waals surface area contributed by atoms with Gasteiger partial charge in [0, 0.05) is 36.5 Å². The van der Waals surface area contributed by atoms with Gasteiger partial charge in [-0.25, -0.2) is 9.78 Å². The smallest absolute Gasteiger partial charge is 0.410 e.